The molecule has 0 bridgehead atoms. The number of carbonyl (C=O) groups is 1. The summed E-state index contributed by atoms with van der Waals surface area (Å²) >= 11 is 0. The van der Waals surface area contributed by atoms with E-state index in [1.54, 1.807) is 6.08 Å². The molecule has 0 unspecified atom stereocenters. The Labute approximate surface area is 135 Å². The third kappa shape index (κ3) is 4.26. The zero-order valence-electron chi connectivity index (χ0n) is 13.1. The fourth-order valence-corrected chi connectivity index (χ4v) is 2.02. The Morgan fingerprint density at radius 1 is 1.09 bits per heavy atom. The van der Waals surface area contributed by atoms with E-state index >= 15 is 0 Å². The highest BCUT2D eigenvalue weighted by atomic mass is 16.5. The Morgan fingerprint density at radius 3 is 2.39 bits per heavy atom. The van der Waals surface area contributed by atoms with E-state index in [9.17, 15) is 4.79 Å². The molecule has 2 N–H and O–H groups in total. The molecule has 0 atom stereocenters. The smallest absolute Gasteiger partial charge is 0.340 e. The highest BCUT2D eigenvalue weighted by molar-refractivity contribution is 5.96. The van der Waals surface area contributed by atoms with Crippen molar-refractivity contribution in [1.29, 1.82) is 0 Å². The first-order chi connectivity index (χ1) is 11.2. The minimum atomic E-state index is -0.513. The number of nitrogens with two attached hydrogens (primary N) is 1. The number of methoxy groups -OCH3 is 2. The highest BCUT2D eigenvalue weighted by Gasteiger charge is 2.16. The van der Waals surface area contributed by atoms with E-state index in [1.165, 1.54) is 26.4 Å². The molecule has 0 aromatic heterocycles. The van der Waals surface area contributed by atoms with E-state index in [0.717, 1.165) is 5.56 Å². The largest absolute Gasteiger partial charge is 0.493 e. The molecule has 0 aliphatic rings. The van der Waals surface area contributed by atoms with Gasteiger partial charge in [0.1, 0.15) is 6.61 Å². The first-order valence-corrected chi connectivity index (χ1v) is 7.06. The maximum atomic E-state index is 12.1. The summed E-state index contributed by atoms with van der Waals surface area (Å²) in [5, 5.41) is 0. The average molecular weight is 313 g/mol. The number of nitrogen functional groups attached to an aromatic ring is 1. The molecule has 0 spiro atoms. The maximum Gasteiger partial charge on any atom is 0.340 e. The Kier molecular flexibility index (Phi) is 5.63. The fourth-order valence-electron chi connectivity index (χ4n) is 2.02. The van der Waals surface area contributed by atoms with E-state index in [1.807, 2.05) is 36.4 Å². The summed E-state index contributed by atoms with van der Waals surface area (Å²) in [6, 6.07) is 12.8. The maximum absolute atomic E-state index is 12.1. The third-order valence-electron chi connectivity index (χ3n) is 3.20. The van der Waals surface area contributed by atoms with E-state index in [0.29, 0.717) is 11.5 Å². The Balaban J connectivity index is 2.02. The summed E-state index contributed by atoms with van der Waals surface area (Å²) in [5.74, 6) is 0.375. The van der Waals surface area contributed by atoms with Crippen molar-refractivity contribution in [3.05, 3.63) is 59.7 Å². The molecule has 0 aliphatic carbocycles. The summed E-state index contributed by atoms with van der Waals surface area (Å²) < 4.78 is 15.5. The van der Waals surface area contributed by atoms with Gasteiger partial charge in [-0.2, -0.15) is 0 Å². The Morgan fingerprint density at radius 2 is 1.74 bits per heavy atom. The van der Waals surface area contributed by atoms with Crippen LogP contribution in [0.2, 0.25) is 0 Å². The standard InChI is InChI=1S/C18H19NO4/c1-21-16-11-14(15(19)12-17(16)22-2)18(20)23-10-6-9-13-7-4-3-5-8-13/h3-9,11-12H,10,19H2,1-2H3. The van der Waals surface area contributed by atoms with Gasteiger partial charge in [-0.3, -0.25) is 0 Å². The summed E-state index contributed by atoms with van der Waals surface area (Å²) in [6.45, 7) is 0.154. The fraction of sp³-hybridized carbons (Fsp3) is 0.167. The van der Waals surface area contributed by atoms with E-state index in [-0.39, 0.29) is 17.9 Å². The average Bonchev–Trinajstić information content (AvgIpc) is 2.59. The van der Waals surface area contributed by atoms with Crippen LogP contribution in [-0.2, 0) is 4.74 Å². The van der Waals surface area contributed by atoms with Gasteiger partial charge < -0.3 is 19.9 Å². The SMILES string of the molecule is COc1cc(N)c(C(=O)OCC=Cc2ccccc2)cc1OC. The molecule has 0 aliphatic heterocycles. The molecule has 2 aromatic carbocycles. The molecule has 0 saturated carbocycles. The zero-order chi connectivity index (χ0) is 16.7. The Bertz CT molecular complexity index is 696. The van der Waals surface area contributed by atoms with Gasteiger partial charge in [-0.15, -0.1) is 0 Å². The highest BCUT2D eigenvalue weighted by Crippen LogP contribution is 2.32. The molecule has 2 aromatic rings. The lowest BCUT2D eigenvalue weighted by Gasteiger charge is -2.11. The zero-order valence-corrected chi connectivity index (χ0v) is 13.1. The lowest BCUT2D eigenvalue weighted by atomic mass is 10.1. The van der Waals surface area contributed by atoms with Gasteiger partial charge in [-0.1, -0.05) is 36.4 Å². The topological polar surface area (TPSA) is 70.8 Å². The lowest BCUT2D eigenvalue weighted by Crippen LogP contribution is -2.09. The molecule has 0 amide bonds. The Hall–Kier alpha value is -2.95. The predicted octanol–water partition coefficient (Wildman–Crippen LogP) is 3.16. The lowest BCUT2D eigenvalue weighted by molar-refractivity contribution is 0.0551. The van der Waals surface area contributed by atoms with Crippen LogP contribution in [0.1, 0.15) is 15.9 Å². The van der Waals surface area contributed by atoms with E-state index in [4.69, 9.17) is 19.9 Å². The van der Waals surface area contributed by atoms with Crippen molar-refractivity contribution in [2.45, 2.75) is 0 Å². The van der Waals surface area contributed by atoms with Crippen molar-refractivity contribution in [2.24, 2.45) is 0 Å². The number of benzene rings is 2. The summed E-state index contributed by atoms with van der Waals surface area (Å²) in [7, 11) is 3.00. The van der Waals surface area contributed by atoms with Crippen molar-refractivity contribution < 1.29 is 19.0 Å². The number of ether oxygens (including phenoxy) is 3. The second kappa shape index (κ2) is 7.89. The van der Waals surface area contributed by atoms with Crippen LogP contribution in [0.15, 0.2) is 48.5 Å². The molecule has 0 radical (unpaired) electrons. The van der Waals surface area contributed by atoms with Crippen LogP contribution in [0, 0.1) is 0 Å². The normalized spacial score (nSPS) is 10.5. The number of rotatable bonds is 6. The van der Waals surface area contributed by atoms with Crippen molar-refractivity contribution >= 4 is 17.7 Å². The minimum absolute atomic E-state index is 0.154. The second-order valence-electron chi connectivity index (χ2n) is 4.71. The van der Waals surface area contributed by atoms with Gasteiger partial charge in [-0.05, 0) is 11.6 Å². The van der Waals surface area contributed by atoms with Crippen molar-refractivity contribution in [2.75, 3.05) is 26.6 Å². The van der Waals surface area contributed by atoms with Crippen LogP contribution in [0.25, 0.3) is 6.08 Å². The molecular formula is C18H19NO4. The van der Waals surface area contributed by atoms with Crippen LogP contribution in [0.3, 0.4) is 0 Å². The van der Waals surface area contributed by atoms with Gasteiger partial charge in [0.15, 0.2) is 11.5 Å². The van der Waals surface area contributed by atoms with Crippen molar-refractivity contribution in [3.63, 3.8) is 0 Å². The van der Waals surface area contributed by atoms with E-state index < -0.39 is 5.97 Å². The molecule has 120 valence electrons. The van der Waals surface area contributed by atoms with Crippen LogP contribution in [-0.4, -0.2) is 26.8 Å². The number of anilines is 1. The first kappa shape index (κ1) is 16.4. The van der Waals surface area contributed by atoms with Crippen LogP contribution in [0.5, 0.6) is 11.5 Å². The molecule has 0 heterocycles. The van der Waals surface area contributed by atoms with Gasteiger partial charge in [-0.25, -0.2) is 4.79 Å². The second-order valence-corrected chi connectivity index (χ2v) is 4.71. The molecule has 5 heteroatoms. The summed E-state index contributed by atoms with van der Waals surface area (Å²) in [6.07, 6.45) is 3.65. The molecular weight excluding hydrogens is 294 g/mol. The summed E-state index contributed by atoms with van der Waals surface area (Å²) in [4.78, 5) is 12.1. The van der Waals surface area contributed by atoms with Crippen molar-refractivity contribution in [3.8, 4) is 11.5 Å². The molecule has 2 rings (SSSR count). The molecule has 5 nitrogen and oxygen atoms in total. The monoisotopic (exact) mass is 313 g/mol. The van der Waals surface area contributed by atoms with Gasteiger partial charge in [0, 0.05) is 12.1 Å². The third-order valence-corrected chi connectivity index (χ3v) is 3.20. The number of hydrogen-bond acceptors (Lipinski definition) is 5. The number of esters is 1. The number of carbonyl (C=O) groups excluding carboxylic acids is 1. The molecule has 23 heavy (non-hydrogen) atoms. The van der Waals surface area contributed by atoms with Gasteiger partial charge in [0.2, 0.25) is 0 Å². The van der Waals surface area contributed by atoms with E-state index in [2.05, 4.69) is 0 Å². The van der Waals surface area contributed by atoms with Crippen LogP contribution >= 0.6 is 0 Å². The summed E-state index contributed by atoms with van der Waals surface area (Å²) in [5.41, 5.74) is 7.42. The van der Waals surface area contributed by atoms with Crippen LogP contribution < -0.4 is 15.2 Å². The van der Waals surface area contributed by atoms with Gasteiger partial charge in [0.05, 0.1) is 25.5 Å². The molecule has 0 saturated heterocycles. The minimum Gasteiger partial charge on any atom is -0.493 e. The number of hydrogen-bond donors (Lipinski definition) is 1. The van der Waals surface area contributed by atoms with Crippen molar-refractivity contribution in [1.82, 2.24) is 0 Å². The predicted molar refractivity (Wildman–Crippen MR) is 89.7 cm³/mol. The first-order valence-electron chi connectivity index (χ1n) is 7.06. The van der Waals surface area contributed by atoms with Crippen LogP contribution in [0.4, 0.5) is 5.69 Å². The molecule has 0 fully saturated rings. The quantitative estimate of drug-likeness (QED) is 0.655. The van der Waals surface area contributed by atoms with Gasteiger partial charge in [0.25, 0.3) is 0 Å². The van der Waals surface area contributed by atoms with Gasteiger partial charge >= 0.3 is 5.97 Å².